The summed E-state index contributed by atoms with van der Waals surface area (Å²) in [5, 5.41) is 1.40. The van der Waals surface area contributed by atoms with Gasteiger partial charge in [-0.05, 0) is 12.1 Å². The molecule has 3 aromatic rings. The van der Waals surface area contributed by atoms with E-state index in [1.807, 2.05) is 24.3 Å². The fourth-order valence-corrected chi connectivity index (χ4v) is 2.88. The highest BCUT2D eigenvalue weighted by molar-refractivity contribution is 6.21. The van der Waals surface area contributed by atoms with Crippen LogP contribution in [0.5, 0.6) is 0 Å². The predicted molar refractivity (Wildman–Crippen MR) is 89.8 cm³/mol. The number of aromatic amines is 1. The molecule has 3 rings (SSSR count). The van der Waals surface area contributed by atoms with Crippen molar-refractivity contribution in [3.63, 3.8) is 0 Å². The second-order valence-electron chi connectivity index (χ2n) is 5.24. The molecule has 1 N–H and O–H groups in total. The molecule has 0 aliphatic heterocycles. The lowest BCUT2D eigenvalue weighted by Crippen LogP contribution is -2.18. The van der Waals surface area contributed by atoms with Gasteiger partial charge in [0.25, 0.3) is 0 Å². The Hall–Kier alpha value is -3.35. The highest BCUT2D eigenvalue weighted by Crippen LogP contribution is 2.33. The molecule has 0 aliphatic carbocycles. The van der Waals surface area contributed by atoms with E-state index in [-0.39, 0.29) is 16.7 Å². The van der Waals surface area contributed by atoms with Gasteiger partial charge in [-0.1, -0.05) is 18.2 Å². The SMILES string of the molecule is COC(=O)c1cc2c([nH]c3ccccc32)c(C(=O)OC)c1C(=O)OC. The summed E-state index contributed by atoms with van der Waals surface area (Å²) < 4.78 is 14.4. The van der Waals surface area contributed by atoms with Crippen LogP contribution in [0.4, 0.5) is 0 Å². The Kier molecular flexibility index (Phi) is 4.14. The van der Waals surface area contributed by atoms with E-state index in [4.69, 9.17) is 14.2 Å². The van der Waals surface area contributed by atoms with Crippen molar-refractivity contribution in [1.82, 2.24) is 4.98 Å². The maximum absolute atomic E-state index is 12.4. The first-order chi connectivity index (χ1) is 12.0. The molecule has 0 unspecified atom stereocenters. The number of esters is 3. The van der Waals surface area contributed by atoms with Crippen molar-refractivity contribution in [2.24, 2.45) is 0 Å². The minimum absolute atomic E-state index is 0.0630. The Labute approximate surface area is 142 Å². The van der Waals surface area contributed by atoms with Gasteiger partial charge in [-0.3, -0.25) is 0 Å². The second kappa shape index (κ2) is 6.27. The van der Waals surface area contributed by atoms with Gasteiger partial charge in [-0.15, -0.1) is 0 Å². The Morgan fingerprint density at radius 3 is 2.04 bits per heavy atom. The summed E-state index contributed by atoms with van der Waals surface area (Å²) in [5.41, 5.74) is 0.817. The zero-order chi connectivity index (χ0) is 18.1. The summed E-state index contributed by atoms with van der Waals surface area (Å²) in [4.78, 5) is 40.0. The monoisotopic (exact) mass is 341 g/mol. The number of H-pyrrole nitrogens is 1. The average molecular weight is 341 g/mol. The summed E-state index contributed by atoms with van der Waals surface area (Å²) >= 11 is 0. The molecule has 0 spiro atoms. The van der Waals surface area contributed by atoms with Crippen LogP contribution in [0.1, 0.15) is 31.1 Å². The van der Waals surface area contributed by atoms with Crippen LogP contribution in [0.2, 0.25) is 0 Å². The second-order valence-corrected chi connectivity index (χ2v) is 5.24. The van der Waals surface area contributed by atoms with E-state index < -0.39 is 17.9 Å². The van der Waals surface area contributed by atoms with Gasteiger partial charge < -0.3 is 19.2 Å². The maximum atomic E-state index is 12.4. The molecule has 0 amide bonds. The molecule has 1 aromatic heterocycles. The number of nitrogens with one attached hydrogen (secondary N) is 1. The summed E-state index contributed by atoms with van der Waals surface area (Å²) in [7, 11) is 3.56. The van der Waals surface area contributed by atoms with Gasteiger partial charge in [0.05, 0.1) is 43.5 Å². The Bertz CT molecular complexity index is 1020. The van der Waals surface area contributed by atoms with E-state index in [0.29, 0.717) is 10.9 Å². The molecule has 2 aromatic carbocycles. The lowest BCUT2D eigenvalue weighted by Gasteiger charge is -2.12. The molecule has 0 aliphatic rings. The molecule has 7 nitrogen and oxygen atoms in total. The first kappa shape index (κ1) is 16.5. The summed E-state index contributed by atoms with van der Waals surface area (Å²) in [6.45, 7) is 0. The van der Waals surface area contributed by atoms with Gasteiger partial charge >= 0.3 is 17.9 Å². The molecule has 128 valence electrons. The van der Waals surface area contributed by atoms with Gasteiger partial charge in [0.15, 0.2) is 0 Å². The molecule has 1 heterocycles. The van der Waals surface area contributed by atoms with E-state index in [2.05, 4.69) is 4.98 Å². The number of hydrogen-bond acceptors (Lipinski definition) is 6. The van der Waals surface area contributed by atoms with Crippen LogP contribution in [-0.4, -0.2) is 44.2 Å². The van der Waals surface area contributed by atoms with Crippen LogP contribution in [0.15, 0.2) is 30.3 Å². The van der Waals surface area contributed by atoms with Crippen LogP contribution in [0, 0.1) is 0 Å². The van der Waals surface area contributed by atoms with Crippen molar-refractivity contribution in [1.29, 1.82) is 0 Å². The number of carbonyl (C=O) groups is 3. The van der Waals surface area contributed by atoms with Crippen LogP contribution in [0.3, 0.4) is 0 Å². The molecular weight excluding hydrogens is 326 g/mol. The minimum Gasteiger partial charge on any atom is -0.465 e. The van der Waals surface area contributed by atoms with E-state index in [1.165, 1.54) is 27.4 Å². The van der Waals surface area contributed by atoms with Gasteiger partial charge in [0.1, 0.15) is 0 Å². The maximum Gasteiger partial charge on any atom is 0.340 e. The molecule has 25 heavy (non-hydrogen) atoms. The number of para-hydroxylation sites is 1. The standard InChI is InChI=1S/C18H15NO6/c1-23-16(20)11-8-10-9-6-4-5-7-12(9)19-15(10)14(18(22)25-3)13(11)17(21)24-2/h4-8,19H,1-3H3. The largest absolute Gasteiger partial charge is 0.465 e. The normalized spacial score (nSPS) is 10.7. The zero-order valence-electron chi connectivity index (χ0n) is 13.8. The van der Waals surface area contributed by atoms with Crippen LogP contribution in [0.25, 0.3) is 21.8 Å². The van der Waals surface area contributed by atoms with Gasteiger partial charge in [-0.2, -0.15) is 0 Å². The first-order valence-corrected chi connectivity index (χ1v) is 7.35. The zero-order valence-corrected chi connectivity index (χ0v) is 13.8. The molecule has 0 atom stereocenters. The number of aromatic nitrogens is 1. The van der Waals surface area contributed by atoms with Crippen molar-refractivity contribution in [2.75, 3.05) is 21.3 Å². The molecular formula is C18H15NO6. The molecule has 0 fully saturated rings. The number of benzene rings is 2. The summed E-state index contributed by atoms with van der Waals surface area (Å²) in [5.74, 6) is -2.35. The number of hydrogen-bond donors (Lipinski definition) is 1. The van der Waals surface area contributed by atoms with Gasteiger partial charge in [0, 0.05) is 16.3 Å². The highest BCUT2D eigenvalue weighted by Gasteiger charge is 2.30. The predicted octanol–water partition coefficient (Wildman–Crippen LogP) is 2.68. The molecule has 7 heteroatoms. The third-order valence-electron chi connectivity index (χ3n) is 3.99. The van der Waals surface area contributed by atoms with E-state index in [9.17, 15) is 14.4 Å². The van der Waals surface area contributed by atoms with Gasteiger partial charge in [-0.25, -0.2) is 14.4 Å². The number of rotatable bonds is 3. The highest BCUT2D eigenvalue weighted by atomic mass is 16.5. The van der Waals surface area contributed by atoms with Gasteiger partial charge in [0.2, 0.25) is 0 Å². The third-order valence-corrected chi connectivity index (χ3v) is 3.99. The molecule has 0 saturated heterocycles. The molecule has 0 saturated carbocycles. The van der Waals surface area contributed by atoms with Crippen molar-refractivity contribution >= 4 is 39.7 Å². The first-order valence-electron chi connectivity index (χ1n) is 7.35. The van der Waals surface area contributed by atoms with Crippen molar-refractivity contribution in [2.45, 2.75) is 0 Å². The minimum atomic E-state index is -0.832. The van der Waals surface area contributed by atoms with E-state index in [1.54, 1.807) is 0 Å². The van der Waals surface area contributed by atoms with Crippen LogP contribution < -0.4 is 0 Å². The van der Waals surface area contributed by atoms with E-state index in [0.717, 1.165) is 10.9 Å². The number of methoxy groups -OCH3 is 3. The Morgan fingerprint density at radius 1 is 0.800 bits per heavy atom. The average Bonchev–Trinajstić information content (AvgIpc) is 3.02. The smallest absolute Gasteiger partial charge is 0.340 e. The van der Waals surface area contributed by atoms with Crippen LogP contribution in [-0.2, 0) is 14.2 Å². The van der Waals surface area contributed by atoms with Crippen molar-refractivity contribution in [3.05, 3.63) is 47.0 Å². The quantitative estimate of drug-likeness (QED) is 0.581. The topological polar surface area (TPSA) is 94.7 Å². The summed E-state index contributed by atoms with van der Waals surface area (Å²) in [6, 6.07) is 8.84. The Morgan fingerprint density at radius 2 is 1.40 bits per heavy atom. The molecule has 0 bridgehead atoms. The van der Waals surface area contributed by atoms with Crippen molar-refractivity contribution < 1.29 is 28.6 Å². The Balaban J connectivity index is 2.55. The molecule has 0 radical (unpaired) electrons. The summed E-state index contributed by atoms with van der Waals surface area (Å²) in [6.07, 6.45) is 0. The fourth-order valence-electron chi connectivity index (χ4n) is 2.88. The van der Waals surface area contributed by atoms with Crippen LogP contribution >= 0.6 is 0 Å². The van der Waals surface area contributed by atoms with Crippen molar-refractivity contribution in [3.8, 4) is 0 Å². The third kappa shape index (κ3) is 2.50. The lowest BCUT2D eigenvalue weighted by atomic mass is 9.96. The lowest BCUT2D eigenvalue weighted by molar-refractivity contribution is 0.0537. The number of ether oxygens (including phenoxy) is 3. The number of carbonyl (C=O) groups excluding carboxylic acids is 3. The van der Waals surface area contributed by atoms with E-state index >= 15 is 0 Å². The fraction of sp³-hybridized carbons (Fsp3) is 0.167. The number of fused-ring (bicyclic) bond motifs is 3.